The van der Waals surface area contributed by atoms with Gasteiger partial charge in [-0.15, -0.1) is 0 Å². The molecule has 0 saturated carbocycles. The van der Waals surface area contributed by atoms with E-state index in [0.717, 1.165) is 0 Å². The maximum atomic E-state index is 3.16. The van der Waals surface area contributed by atoms with Crippen molar-refractivity contribution < 1.29 is 0 Å². The van der Waals surface area contributed by atoms with Crippen LogP contribution in [0, 0.1) is 6.07 Å². The van der Waals surface area contributed by atoms with Crippen molar-refractivity contribution in [3.8, 4) is 0 Å². The van der Waals surface area contributed by atoms with Crippen LogP contribution < -0.4 is 0 Å². The zero-order valence-electron chi connectivity index (χ0n) is 7.85. The Morgan fingerprint density at radius 3 is 3.00 bits per heavy atom. The fraction of sp³-hybridized carbons (Fsp3) is 0.500. The lowest BCUT2D eigenvalue weighted by atomic mass is 9.73. The molecule has 0 aromatic heterocycles. The Kier molecular flexibility index (Phi) is 1.71. The SMILES string of the molecule is CC1(C)CCCc2c[c]ccc21. The summed E-state index contributed by atoms with van der Waals surface area (Å²) in [6, 6.07) is 9.57. The van der Waals surface area contributed by atoms with E-state index < -0.39 is 0 Å². The van der Waals surface area contributed by atoms with E-state index in [0.29, 0.717) is 5.41 Å². The van der Waals surface area contributed by atoms with Crippen molar-refractivity contribution in [3.05, 3.63) is 35.4 Å². The molecule has 1 aromatic rings. The maximum absolute atomic E-state index is 3.16. The molecule has 63 valence electrons. The van der Waals surface area contributed by atoms with Crippen LogP contribution in [0.1, 0.15) is 37.8 Å². The third-order valence-corrected chi connectivity index (χ3v) is 2.93. The highest BCUT2D eigenvalue weighted by molar-refractivity contribution is 5.34. The van der Waals surface area contributed by atoms with Crippen LogP contribution in [0.2, 0.25) is 0 Å². The van der Waals surface area contributed by atoms with E-state index in [9.17, 15) is 0 Å². The molecule has 0 spiro atoms. The Bertz CT molecular complexity index is 284. The van der Waals surface area contributed by atoms with Crippen LogP contribution in [0.5, 0.6) is 0 Å². The molecule has 0 bridgehead atoms. The Morgan fingerprint density at radius 1 is 1.42 bits per heavy atom. The highest BCUT2D eigenvalue weighted by Crippen LogP contribution is 2.35. The molecule has 0 nitrogen and oxygen atoms in total. The summed E-state index contributed by atoms with van der Waals surface area (Å²) in [5.41, 5.74) is 3.43. The average Bonchev–Trinajstić information content (AvgIpc) is 2.04. The first kappa shape index (κ1) is 7.85. The second-order valence-corrected chi connectivity index (χ2v) is 4.32. The number of hydrogen-bond acceptors (Lipinski definition) is 0. The summed E-state index contributed by atoms with van der Waals surface area (Å²) in [5, 5.41) is 0. The van der Waals surface area contributed by atoms with Gasteiger partial charge in [0, 0.05) is 0 Å². The molecule has 1 aliphatic rings. The summed E-state index contributed by atoms with van der Waals surface area (Å²) in [6.45, 7) is 4.68. The summed E-state index contributed by atoms with van der Waals surface area (Å²) < 4.78 is 0. The second kappa shape index (κ2) is 2.62. The third kappa shape index (κ3) is 1.16. The number of aryl methyl sites for hydroxylation is 1. The summed E-state index contributed by atoms with van der Waals surface area (Å²) in [7, 11) is 0. The number of fused-ring (bicyclic) bond motifs is 1. The molecule has 12 heavy (non-hydrogen) atoms. The van der Waals surface area contributed by atoms with E-state index in [2.05, 4.69) is 32.0 Å². The fourth-order valence-electron chi connectivity index (χ4n) is 2.19. The van der Waals surface area contributed by atoms with E-state index in [-0.39, 0.29) is 0 Å². The number of hydrogen-bond donors (Lipinski definition) is 0. The van der Waals surface area contributed by atoms with Gasteiger partial charge in [0.1, 0.15) is 0 Å². The molecule has 0 saturated heterocycles. The van der Waals surface area contributed by atoms with Crippen molar-refractivity contribution in [2.45, 2.75) is 38.5 Å². The minimum absolute atomic E-state index is 0.392. The second-order valence-electron chi connectivity index (χ2n) is 4.32. The fourth-order valence-corrected chi connectivity index (χ4v) is 2.19. The minimum Gasteiger partial charge on any atom is -0.0576 e. The minimum atomic E-state index is 0.392. The van der Waals surface area contributed by atoms with E-state index >= 15 is 0 Å². The summed E-state index contributed by atoms with van der Waals surface area (Å²) in [5.74, 6) is 0. The molecule has 0 heterocycles. The van der Waals surface area contributed by atoms with Crippen LogP contribution in [0.4, 0.5) is 0 Å². The Morgan fingerprint density at radius 2 is 2.25 bits per heavy atom. The molecule has 1 aliphatic carbocycles. The lowest BCUT2D eigenvalue weighted by molar-refractivity contribution is 0.432. The van der Waals surface area contributed by atoms with Gasteiger partial charge in [-0.05, 0) is 41.9 Å². The molecule has 0 fully saturated rings. The standard InChI is InChI=1S/C12H15/c1-12(2)9-5-7-10-6-3-4-8-11(10)12/h4,6,8H,5,7,9H2,1-2H3. The predicted octanol–water partition coefficient (Wildman–Crippen LogP) is 3.10. The van der Waals surface area contributed by atoms with Gasteiger partial charge >= 0.3 is 0 Å². The van der Waals surface area contributed by atoms with Crippen LogP contribution in [-0.4, -0.2) is 0 Å². The van der Waals surface area contributed by atoms with Crippen LogP contribution in [-0.2, 0) is 11.8 Å². The van der Waals surface area contributed by atoms with Gasteiger partial charge in [-0.25, -0.2) is 0 Å². The first-order chi connectivity index (χ1) is 5.70. The molecule has 1 radical (unpaired) electrons. The molecule has 0 unspecified atom stereocenters. The molecule has 0 heteroatoms. The smallest absolute Gasteiger partial charge is 0.0101 e. The predicted molar refractivity (Wildman–Crippen MR) is 51.2 cm³/mol. The van der Waals surface area contributed by atoms with Gasteiger partial charge in [0.15, 0.2) is 0 Å². The highest BCUT2D eigenvalue weighted by atomic mass is 14.3. The van der Waals surface area contributed by atoms with Crippen molar-refractivity contribution in [2.75, 3.05) is 0 Å². The average molecular weight is 159 g/mol. The van der Waals surface area contributed by atoms with Gasteiger partial charge in [0.2, 0.25) is 0 Å². The Balaban J connectivity index is 2.52. The van der Waals surface area contributed by atoms with Gasteiger partial charge in [-0.2, -0.15) is 0 Å². The van der Waals surface area contributed by atoms with Crippen LogP contribution in [0.15, 0.2) is 18.2 Å². The van der Waals surface area contributed by atoms with E-state index in [1.54, 1.807) is 0 Å². The molecule has 0 amide bonds. The monoisotopic (exact) mass is 159 g/mol. The summed E-state index contributed by atoms with van der Waals surface area (Å²) >= 11 is 0. The number of rotatable bonds is 0. The van der Waals surface area contributed by atoms with Gasteiger partial charge in [-0.1, -0.05) is 32.0 Å². The van der Waals surface area contributed by atoms with Crippen molar-refractivity contribution in [2.24, 2.45) is 0 Å². The molecular weight excluding hydrogens is 144 g/mol. The molecule has 0 N–H and O–H groups in total. The maximum Gasteiger partial charge on any atom is -0.0101 e. The zero-order chi connectivity index (χ0) is 8.60. The Hall–Kier alpha value is -0.780. The zero-order valence-corrected chi connectivity index (χ0v) is 7.85. The normalized spacial score (nSPS) is 20.2. The topological polar surface area (TPSA) is 0 Å². The number of benzene rings is 1. The molecule has 0 atom stereocenters. The van der Waals surface area contributed by atoms with Crippen LogP contribution in [0.3, 0.4) is 0 Å². The van der Waals surface area contributed by atoms with Gasteiger partial charge in [0.25, 0.3) is 0 Å². The lowest BCUT2D eigenvalue weighted by Crippen LogP contribution is -2.23. The van der Waals surface area contributed by atoms with Crippen LogP contribution in [0.25, 0.3) is 0 Å². The Labute approximate surface area is 74.6 Å². The summed E-state index contributed by atoms with van der Waals surface area (Å²) in [6.07, 6.45) is 3.90. The van der Waals surface area contributed by atoms with Gasteiger partial charge in [0.05, 0.1) is 0 Å². The van der Waals surface area contributed by atoms with Crippen molar-refractivity contribution >= 4 is 0 Å². The van der Waals surface area contributed by atoms with Gasteiger partial charge < -0.3 is 0 Å². The van der Waals surface area contributed by atoms with Crippen molar-refractivity contribution in [1.82, 2.24) is 0 Å². The first-order valence-electron chi connectivity index (χ1n) is 4.70. The van der Waals surface area contributed by atoms with Crippen molar-refractivity contribution in [1.29, 1.82) is 0 Å². The van der Waals surface area contributed by atoms with E-state index in [1.807, 2.05) is 6.07 Å². The molecule has 1 aromatic carbocycles. The largest absolute Gasteiger partial charge is 0.0576 e. The van der Waals surface area contributed by atoms with Gasteiger partial charge in [-0.3, -0.25) is 0 Å². The quantitative estimate of drug-likeness (QED) is 0.545. The van der Waals surface area contributed by atoms with Crippen LogP contribution >= 0.6 is 0 Å². The molecule has 2 rings (SSSR count). The lowest BCUT2D eigenvalue weighted by Gasteiger charge is -2.32. The summed E-state index contributed by atoms with van der Waals surface area (Å²) in [4.78, 5) is 0. The molecular formula is C12H15. The van der Waals surface area contributed by atoms with E-state index in [1.165, 1.54) is 30.4 Å². The van der Waals surface area contributed by atoms with E-state index in [4.69, 9.17) is 0 Å². The molecule has 0 aliphatic heterocycles. The third-order valence-electron chi connectivity index (χ3n) is 2.93. The van der Waals surface area contributed by atoms with Crippen molar-refractivity contribution in [3.63, 3.8) is 0 Å². The highest BCUT2D eigenvalue weighted by Gasteiger charge is 2.26. The first-order valence-corrected chi connectivity index (χ1v) is 4.70.